The Balaban J connectivity index is 0.837. The number of primary amides is 1. The van der Waals surface area contributed by atoms with Crippen LogP contribution >= 0.6 is 0 Å². The first-order chi connectivity index (χ1) is 26.6. The van der Waals surface area contributed by atoms with Crippen LogP contribution in [0.5, 0.6) is 0 Å². The number of benzene rings is 1. The lowest BCUT2D eigenvalue weighted by molar-refractivity contribution is -0.136. The minimum atomic E-state index is -0.826. The number of rotatable bonds is 9. The number of carbonyl (C=O) groups excluding carboxylic acids is 5. The fourth-order valence-corrected chi connectivity index (χ4v) is 6.77. The van der Waals surface area contributed by atoms with Crippen LogP contribution in [0.15, 0.2) is 77.8 Å². The minimum absolute atomic E-state index is 0.00408. The third kappa shape index (κ3) is 7.16. The summed E-state index contributed by atoms with van der Waals surface area (Å²) in [6, 6.07) is 14.3. The van der Waals surface area contributed by atoms with Gasteiger partial charge in [-0.25, -0.2) is 19.4 Å². The molecule has 4 aromatic heterocycles. The van der Waals surface area contributed by atoms with E-state index in [-0.39, 0.29) is 47.1 Å². The number of hydrogen-bond donors (Lipinski definition) is 3. The van der Waals surface area contributed by atoms with Crippen molar-refractivity contribution < 1.29 is 28.4 Å². The lowest BCUT2D eigenvalue weighted by Crippen LogP contribution is -2.58. The fraction of sp³-hybridized carbons (Fsp3) is 0.270. The number of pyridine rings is 2. The van der Waals surface area contributed by atoms with Crippen LogP contribution in [0.4, 0.5) is 27.7 Å². The first-order valence-corrected chi connectivity index (χ1v) is 17.7. The minimum Gasteiger partial charge on any atom is -0.444 e. The molecule has 18 heteroatoms. The van der Waals surface area contributed by atoms with Gasteiger partial charge in [-0.3, -0.25) is 34.4 Å². The summed E-state index contributed by atoms with van der Waals surface area (Å²) in [5.74, 6) is -0.698. The summed E-state index contributed by atoms with van der Waals surface area (Å²) in [7, 11) is 0. The van der Waals surface area contributed by atoms with Gasteiger partial charge in [0.2, 0.25) is 17.7 Å². The maximum atomic E-state index is 13.3. The van der Waals surface area contributed by atoms with Gasteiger partial charge in [-0.1, -0.05) is 0 Å². The Morgan fingerprint density at radius 2 is 1.65 bits per heavy atom. The molecule has 55 heavy (non-hydrogen) atoms. The second kappa shape index (κ2) is 14.4. The molecule has 0 spiro atoms. The number of nitrogens with two attached hydrogens (primary N) is 1. The Bertz CT molecular complexity index is 2290. The van der Waals surface area contributed by atoms with Gasteiger partial charge in [0.1, 0.15) is 12.1 Å². The third-order valence-electron chi connectivity index (χ3n) is 9.80. The van der Waals surface area contributed by atoms with Gasteiger partial charge in [0.05, 0.1) is 29.7 Å². The van der Waals surface area contributed by atoms with Gasteiger partial charge >= 0.3 is 6.03 Å². The molecule has 5 aromatic rings. The number of piperazine rings is 1. The highest BCUT2D eigenvalue weighted by atomic mass is 16.3. The van der Waals surface area contributed by atoms with E-state index in [2.05, 4.69) is 40.5 Å². The van der Waals surface area contributed by atoms with E-state index in [1.165, 1.54) is 17.1 Å². The van der Waals surface area contributed by atoms with Crippen LogP contribution in [-0.2, 0) is 9.59 Å². The number of hydrogen-bond acceptors (Lipinski definition) is 12. The molecule has 0 saturated carbocycles. The van der Waals surface area contributed by atoms with Crippen LogP contribution in [-0.4, -0.2) is 105 Å². The van der Waals surface area contributed by atoms with E-state index in [0.717, 1.165) is 17.2 Å². The van der Waals surface area contributed by atoms with Crippen molar-refractivity contribution >= 4 is 52.5 Å². The topological polar surface area (TPSA) is 218 Å². The summed E-state index contributed by atoms with van der Waals surface area (Å²) >= 11 is 0. The highest BCUT2D eigenvalue weighted by molar-refractivity contribution is 6.07. The van der Waals surface area contributed by atoms with Crippen molar-refractivity contribution in [1.29, 1.82) is 0 Å². The average Bonchev–Trinajstić information content (AvgIpc) is 3.84. The SMILES string of the molecule is Cc1cc(-c2nc(C(=O)Nc3cn(-c4ccc(N5CCN(C(=O)C6CN(c7ccc(N8CCC(=O)NC8=O)cc7)C6)CC5)nc4)nc3C(N)=O)co2)ccn1. The Hall–Kier alpha value is -7.11. The summed E-state index contributed by atoms with van der Waals surface area (Å²) < 4.78 is 6.90. The van der Waals surface area contributed by atoms with Crippen LogP contribution in [0.2, 0.25) is 0 Å². The van der Waals surface area contributed by atoms with Crippen molar-refractivity contribution in [3.05, 3.63) is 90.5 Å². The molecule has 0 unspecified atom stereocenters. The third-order valence-corrected chi connectivity index (χ3v) is 9.80. The molecule has 4 N–H and O–H groups in total. The van der Waals surface area contributed by atoms with Crippen molar-refractivity contribution in [2.75, 3.05) is 65.8 Å². The first-order valence-electron chi connectivity index (χ1n) is 17.7. The largest absolute Gasteiger partial charge is 0.444 e. The molecule has 0 radical (unpaired) electrons. The quantitative estimate of drug-likeness (QED) is 0.198. The highest BCUT2D eigenvalue weighted by Gasteiger charge is 2.37. The van der Waals surface area contributed by atoms with Crippen molar-refractivity contribution in [2.24, 2.45) is 11.7 Å². The van der Waals surface area contributed by atoms with Crippen molar-refractivity contribution in [1.82, 2.24) is 34.9 Å². The molecule has 3 aliphatic rings. The Morgan fingerprint density at radius 1 is 0.909 bits per heavy atom. The van der Waals surface area contributed by atoms with Crippen molar-refractivity contribution in [2.45, 2.75) is 13.3 Å². The smallest absolute Gasteiger partial charge is 0.328 e. The van der Waals surface area contributed by atoms with Crippen molar-refractivity contribution in [3.63, 3.8) is 0 Å². The lowest BCUT2D eigenvalue weighted by atomic mass is 9.97. The molecule has 8 rings (SSSR count). The van der Waals surface area contributed by atoms with E-state index >= 15 is 0 Å². The van der Waals surface area contributed by atoms with Gasteiger partial charge in [0.25, 0.3) is 11.8 Å². The Kier molecular flexibility index (Phi) is 9.13. The zero-order valence-corrected chi connectivity index (χ0v) is 29.7. The zero-order chi connectivity index (χ0) is 38.2. The number of urea groups is 1. The monoisotopic (exact) mass is 744 g/mol. The van der Waals surface area contributed by atoms with Gasteiger partial charge in [0, 0.05) is 81.1 Å². The van der Waals surface area contributed by atoms with E-state index in [9.17, 15) is 24.0 Å². The maximum Gasteiger partial charge on any atom is 0.328 e. The van der Waals surface area contributed by atoms with E-state index in [0.29, 0.717) is 62.8 Å². The molecule has 3 saturated heterocycles. The second-order valence-corrected chi connectivity index (χ2v) is 13.4. The normalized spacial score (nSPS) is 16.2. The molecule has 18 nitrogen and oxygen atoms in total. The molecular formula is C37H36N12O6. The maximum absolute atomic E-state index is 13.3. The molecule has 0 bridgehead atoms. The molecule has 7 heterocycles. The number of nitrogens with zero attached hydrogens (tertiary/aromatic N) is 9. The standard InChI is InChI=1S/C37H36N12O6/c1-22-16-23(8-10-39-22)35-42-29(21-55-35)34(52)41-28-20-49(44-32(28)33(38)51)27-6-7-30(40-17-27)45-12-14-46(15-13-45)36(53)24-18-47(19-24)25-2-4-26(5-3-25)48-11-9-31(50)43-37(48)54/h2-8,10,16-17,20-21,24H,9,11-15,18-19H2,1H3,(H2,38,51)(H,41,52)(H,43,50,54). The van der Waals surface area contributed by atoms with E-state index < -0.39 is 17.8 Å². The van der Waals surface area contributed by atoms with E-state index in [1.54, 1.807) is 35.5 Å². The Morgan fingerprint density at radius 3 is 2.35 bits per heavy atom. The summed E-state index contributed by atoms with van der Waals surface area (Å²) in [4.78, 5) is 82.9. The molecule has 3 aliphatic heterocycles. The van der Waals surface area contributed by atoms with E-state index in [1.807, 2.05) is 42.2 Å². The number of amides is 6. The summed E-state index contributed by atoms with van der Waals surface area (Å²) in [5, 5.41) is 9.28. The lowest BCUT2D eigenvalue weighted by Gasteiger charge is -2.44. The molecule has 0 atom stereocenters. The number of imide groups is 1. The number of anilines is 4. The van der Waals surface area contributed by atoms with Gasteiger partial charge in [0.15, 0.2) is 11.4 Å². The molecule has 6 amide bonds. The number of aryl methyl sites for hydroxylation is 1. The predicted octanol–water partition coefficient (Wildman–Crippen LogP) is 2.21. The molecule has 0 aliphatic carbocycles. The van der Waals surface area contributed by atoms with Crippen LogP contribution in [0.1, 0.15) is 33.1 Å². The van der Waals surface area contributed by atoms with Crippen LogP contribution in [0.25, 0.3) is 17.1 Å². The average molecular weight is 745 g/mol. The number of carbonyl (C=O) groups is 5. The summed E-state index contributed by atoms with van der Waals surface area (Å²) in [6.07, 6.45) is 6.19. The van der Waals surface area contributed by atoms with Crippen LogP contribution in [0, 0.1) is 12.8 Å². The molecule has 3 fully saturated rings. The number of oxazole rings is 1. The summed E-state index contributed by atoms with van der Waals surface area (Å²) in [6.45, 7) is 5.75. The van der Waals surface area contributed by atoms with Gasteiger partial charge in [-0.15, -0.1) is 0 Å². The Labute approximate surface area is 313 Å². The number of nitrogens with one attached hydrogen (secondary N) is 2. The fourth-order valence-electron chi connectivity index (χ4n) is 6.77. The van der Waals surface area contributed by atoms with Gasteiger partial charge in [-0.2, -0.15) is 5.10 Å². The molecule has 1 aromatic carbocycles. The molecule has 280 valence electrons. The summed E-state index contributed by atoms with van der Waals surface area (Å²) in [5.41, 5.74) is 9.22. The number of aromatic nitrogens is 5. The van der Waals surface area contributed by atoms with E-state index in [4.69, 9.17) is 10.2 Å². The van der Waals surface area contributed by atoms with Gasteiger partial charge in [-0.05, 0) is 55.5 Å². The first kappa shape index (κ1) is 34.9. The predicted molar refractivity (Wildman–Crippen MR) is 199 cm³/mol. The zero-order valence-electron chi connectivity index (χ0n) is 29.7. The van der Waals surface area contributed by atoms with Crippen molar-refractivity contribution in [3.8, 4) is 17.1 Å². The van der Waals surface area contributed by atoms with Crippen LogP contribution in [0.3, 0.4) is 0 Å². The van der Waals surface area contributed by atoms with Crippen LogP contribution < -0.4 is 31.1 Å². The van der Waals surface area contributed by atoms with Gasteiger partial charge < -0.3 is 30.2 Å². The molecular weight excluding hydrogens is 708 g/mol. The highest BCUT2D eigenvalue weighted by Crippen LogP contribution is 2.29. The second-order valence-electron chi connectivity index (χ2n) is 13.4.